The fraction of sp³-hybridized carbons (Fsp3) is 0.409. The first kappa shape index (κ1) is 19.0. The fourth-order valence-corrected chi connectivity index (χ4v) is 4.40. The molecule has 1 amide bonds. The largest absolute Gasteiger partial charge is 0.508 e. The van der Waals surface area contributed by atoms with E-state index in [1.165, 1.54) is 18.2 Å². The molecule has 3 unspecified atom stereocenters. The Morgan fingerprint density at radius 3 is 2.67 bits per heavy atom. The Kier molecular flexibility index (Phi) is 3.94. The van der Waals surface area contributed by atoms with Crippen molar-refractivity contribution >= 4 is 5.91 Å². The third-order valence-electron chi connectivity index (χ3n) is 5.86. The Bertz CT molecular complexity index is 1040. The SMILES string of the molecule is CC1(C)CC(NC(=O)C2C(c3ccc4c(c3)OCO4)C2(F)F)c2ccc(O)cc2O1. The van der Waals surface area contributed by atoms with E-state index >= 15 is 0 Å². The van der Waals surface area contributed by atoms with Gasteiger partial charge in [-0.05, 0) is 43.7 Å². The van der Waals surface area contributed by atoms with E-state index in [0.717, 1.165) is 0 Å². The topological polar surface area (TPSA) is 77.0 Å². The zero-order valence-electron chi connectivity index (χ0n) is 16.4. The minimum atomic E-state index is -3.14. The molecule has 3 atom stereocenters. The first-order chi connectivity index (χ1) is 14.2. The third-order valence-corrected chi connectivity index (χ3v) is 5.86. The number of alkyl halides is 2. The number of carbonyl (C=O) groups excluding carboxylic acids is 1. The van der Waals surface area contributed by atoms with Crippen LogP contribution in [-0.2, 0) is 4.79 Å². The van der Waals surface area contributed by atoms with Gasteiger partial charge in [0.05, 0.1) is 12.0 Å². The summed E-state index contributed by atoms with van der Waals surface area (Å²) in [6.45, 7) is 3.75. The minimum Gasteiger partial charge on any atom is -0.508 e. The van der Waals surface area contributed by atoms with E-state index in [-0.39, 0.29) is 12.5 Å². The molecule has 2 aromatic rings. The Morgan fingerprint density at radius 2 is 1.87 bits per heavy atom. The van der Waals surface area contributed by atoms with Crippen LogP contribution in [0.15, 0.2) is 36.4 Å². The predicted octanol–water partition coefficient (Wildman–Crippen LogP) is 3.89. The standard InChI is InChI=1S/C22H21F2NO5/c1-21(2)9-14(13-5-4-12(26)8-16(13)30-21)25-20(27)19-18(22(19,23)24)11-3-6-15-17(7-11)29-10-28-15/h3-8,14,18-19,26H,9-10H2,1-2H3,(H,25,27). The first-order valence-electron chi connectivity index (χ1n) is 9.75. The van der Waals surface area contributed by atoms with Crippen LogP contribution in [0.4, 0.5) is 8.78 Å². The number of halogens is 2. The van der Waals surface area contributed by atoms with Crippen molar-refractivity contribution < 1.29 is 32.9 Å². The fourth-order valence-electron chi connectivity index (χ4n) is 4.40. The van der Waals surface area contributed by atoms with Gasteiger partial charge in [-0.15, -0.1) is 0 Å². The zero-order valence-corrected chi connectivity index (χ0v) is 16.4. The number of hydrogen-bond donors (Lipinski definition) is 2. The quantitative estimate of drug-likeness (QED) is 0.793. The molecule has 30 heavy (non-hydrogen) atoms. The number of amides is 1. The lowest BCUT2D eigenvalue weighted by Gasteiger charge is -2.38. The van der Waals surface area contributed by atoms with Crippen molar-refractivity contribution in [2.24, 2.45) is 5.92 Å². The van der Waals surface area contributed by atoms with Gasteiger partial charge >= 0.3 is 0 Å². The number of carbonyl (C=O) groups is 1. The molecule has 1 saturated carbocycles. The molecule has 2 aromatic carbocycles. The molecule has 0 saturated heterocycles. The lowest BCUT2D eigenvalue weighted by atomic mass is 9.89. The summed E-state index contributed by atoms with van der Waals surface area (Å²) >= 11 is 0. The molecule has 158 valence electrons. The van der Waals surface area contributed by atoms with Crippen LogP contribution in [0.5, 0.6) is 23.0 Å². The van der Waals surface area contributed by atoms with Crippen LogP contribution in [-0.4, -0.2) is 29.3 Å². The second kappa shape index (κ2) is 6.23. The number of fused-ring (bicyclic) bond motifs is 2. The average molecular weight is 417 g/mol. The number of phenols is 1. The van der Waals surface area contributed by atoms with Crippen LogP contribution in [0, 0.1) is 5.92 Å². The van der Waals surface area contributed by atoms with E-state index < -0.39 is 35.3 Å². The lowest BCUT2D eigenvalue weighted by molar-refractivity contribution is -0.125. The number of rotatable bonds is 3. The maximum absolute atomic E-state index is 14.6. The van der Waals surface area contributed by atoms with Gasteiger partial charge in [0.25, 0.3) is 5.92 Å². The summed E-state index contributed by atoms with van der Waals surface area (Å²) in [6.07, 6.45) is 0.420. The van der Waals surface area contributed by atoms with Crippen molar-refractivity contribution in [2.45, 2.75) is 43.8 Å². The highest BCUT2D eigenvalue weighted by atomic mass is 19.3. The Morgan fingerprint density at radius 1 is 1.10 bits per heavy atom. The third kappa shape index (κ3) is 3.02. The zero-order chi connectivity index (χ0) is 21.3. The second-order valence-electron chi connectivity index (χ2n) is 8.59. The molecule has 2 N–H and O–H groups in total. The van der Waals surface area contributed by atoms with Crippen molar-refractivity contribution in [1.29, 1.82) is 0 Å². The van der Waals surface area contributed by atoms with Crippen molar-refractivity contribution in [3.05, 3.63) is 47.5 Å². The molecular weight excluding hydrogens is 396 g/mol. The van der Waals surface area contributed by atoms with Gasteiger partial charge in [-0.2, -0.15) is 0 Å². The number of ether oxygens (including phenoxy) is 3. The van der Waals surface area contributed by atoms with Gasteiger partial charge in [-0.3, -0.25) is 4.79 Å². The molecule has 0 spiro atoms. The second-order valence-corrected chi connectivity index (χ2v) is 8.59. The highest BCUT2D eigenvalue weighted by molar-refractivity contribution is 5.86. The van der Waals surface area contributed by atoms with E-state index in [1.807, 2.05) is 13.8 Å². The summed E-state index contributed by atoms with van der Waals surface area (Å²) in [4.78, 5) is 12.9. The molecule has 0 radical (unpaired) electrons. The van der Waals surface area contributed by atoms with Gasteiger partial charge in [0.15, 0.2) is 11.5 Å². The normalized spacial score (nSPS) is 27.0. The van der Waals surface area contributed by atoms with Gasteiger partial charge in [-0.1, -0.05) is 6.07 Å². The van der Waals surface area contributed by atoms with Crippen molar-refractivity contribution in [2.75, 3.05) is 6.79 Å². The van der Waals surface area contributed by atoms with Gasteiger partial charge in [-0.25, -0.2) is 8.78 Å². The Labute approximate surface area is 171 Å². The monoisotopic (exact) mass is 417 g/mol. The predicted molar refractivity (Wildman–Crippen MR) is 102 cm³/mol. The smallest absolute Gasteiger partial charge is 0.268 e. The molecule has 8 heteroatoms. The van der Waals surface area contributed by atoms with E-state index in [1.54, 1.807) is 18.2 Å². The van der Waals surface area contributed by atoms with E-state index in [9.17, 15) is 18.7 Å². The van der Waals surface area contributed by atoms with Crippen LogP contribution < -0.4 is 19.5 Å². The van der Waals surface area contributed by atoms with Crippen LogP contribution >= 0.6 is 0 Å². The summed E-state index contributed by atoms with van der Waals surface area (Å²) in [5.74, 6) is -5.12. The van der Waals surface area contributed by atoms with Gasteiger partial charge in [0.2, 0.25) is 12.7 Å². The molecule has 0 aromatic heterocycles. The molecule has 1 aliphatic carbocycles. The highest BCUT2D eigenvalue weighted by Crippen LogP contribution is 2.62. The highest BCUT2D eigenvalue weighted by Gasteiger charge is 2.72. The summed E-state index contributed by atoms with van der Waals surface area (Å²) in [6, 6.07) is 8.76. The molecule has 0 bridgehead atoms. The first-order valence-corrected chi connectivity index (χ1v) is 9.75. The minimum absolute atomic E-state index is 0.0353. The molecule has 2 aliphatic heterocycles. The summed E-state index contributed by atoms with van der Waals surface area (Å²) < 4.78 is 45.6. The summed E-state index contributed by atoms with van der Waals surface area (Å²) in [5, 5.41) is 12.5. The molecule has 6 nitrogen and oxygen atoms in total. The van der Waals surface area contributed by atoms with Crippen LogP contribution in [0.1, 0.15) is 43.4 Å². The number of aromatic hydroxyl groups is 1. The average Bonchev–Trinajstić information content (AvgIpc) is 2.99. The molecule has 2 heterocycles. The van der Waals surface area contributed by atoms with Crippen LogP contribution in [0.3, 0.4) is 0 Å². The van der Waals surface area contributed by atoms with Crippen LogP contribution in [0.2, 0.25) is 0 Å². The van der Waals surface area contributed by atoms with Crippen molar-refractivity contribution in [1.82, 2.24) is 5.32 Å². The van der Waals surface area contributed by atoms with Crippen molar-refractivity contribution in [3.8, 4) is 23.0 Å². The molecular formula is C22H21F2NO5. The summed E-state index contributed by atoms with van der Waals surface area (Å²) in [5.41, 5.74) is 0.382. The Hall–Kier alpha value is -3.03. The maximum atomic E-state index is 14.6. The molecule has 5 rings (SSSR count). The Balaban J connectivity index is 1.38. The van der Waals surface area contributed by atoms with E-state index in [2.05, 4.69) is 5.32 Å². The van der Waals surface area contributed by atoms with Crippen molar-refractivity contribution in [3.63, 3.8) is 0 Å². The maximum Gasteiger partial charge on any atom is 0.268 e. The number of phenolic OH excluding ortho intramolecular Hbond substituents is 1. The van der Waals surface area contributed by atoms with Gasteiger partial charge in [0.1, 0.15) is 23.0 Å². The van der Waals surface area contributed by atoms with Crippen LogP contribution in [0.25, 0.3) is 0 Å². The van der Waals surface area contributed by atoms with Gasteiger partial charge in [0, 0.05) is 18.1 Å². The number of benzene rings is 2. The lowest BCUT2D eigenvalue weighted by Crippen LogP contribution is -2.42. The molecule has 1 fully saturated rings. The molecule has 3 aliphatic rings. The summed E-state index contributed by atoms with van der Waals surface area (Å²) in [7, 11) is 0. The van der Waals surface area contributed by atoms with Gasteiger partial charge < -0.3 is 24.6 Å². The van der Waals surface area contributed by atoms with E-state index in [4.69, 9.17) is 14.2 Å². The number of nitrogens with one attached hydrogen (secondary N) is 1. The van der Waals surface area contributed by atoms with E-state index in [0.29, 0.717) is 34.8 Å². The number of hydrogen-bond acceptors (Lipinski definition) is 5.